The molecule has 0 saturated heterocycles. The van der Waals surface area contributed by atoms with Gasteiger partial charge in [0, 0.05) is 41.1 Å². The van der Waals surface area contributed by atoms with Crippen LogP contribution in [0.1, 0.15) is 26.3 Å². The maximum atomic E-state index is 4.64. The van der Waals surface area contributed by atoms with E-state index in [4.69, 9.17) is 0 Å². The van der Waals surface area contributed by atoms with Crippen LogP contribution in [0.4, 0.5) is 11.5 Å². The lowest BCUT2D eigenvalue weighted by atomic mass is 10.2. The molecule has 0 aliphatic carbocycles. The molecule has 0 radical (unpaired) electrons. The number of aromatic nitrogens is 1. The quantitative estimate of drug-likeness (QED) is 0.833. The van der Waals surface area contributed by atoms with Crippen molar-refractivity contribution in [2.45, 2.75) is 33.4 Å². The molecule has 3 nitrogen and oxygen atoms in total. The molecule has 0 fully saturated rings. The molecule has 2 aromatic rings. The molecule has 1 aromatic carbocycles. The Hall–Kier alpha value is -1.39. The molecule has 2 rings (SSSR count). The van der Waals surface area contributed by atoms with Crippen molar-refractivity contribution in [3.8, 4) is 0 Å². The first-order valence-corrected chi connectivity index (χ1v) is 8.11. The van der Waals surface area contributed by atoms with Gasteiger partial charge < -0.3 is 10.2 Å². The number of hydrogen-bond donors (Lipinski definition) is 1. The van der Waals surface area contributed by atoms with Crippen LogP contribution in [0.25, 0.3) is 0 Å². The van der Waals surface area contributed by atoms with Crippen LogP contribution in [0.5, 0.6) is 0 Å². The molecule has 1 heterocycles. The van der Waals surface area contributed by atoms with E-state index in [1.165, 1.54) is 11.3 Å². The molecule has 1 aromatic heterocycles. The first-order chi connectivity index (χ1) is 10.1. The van der Waals surface area contributed by atoms with Crippen molar-refractivity contribution < 1.29 is 0 Å². The molecular weight excluding hydrogens is 326 g/mol. The third-order valence-electron chi connectivity index (χ3n) is 3.25. The average molecular weight is 348 g/mol. The van der Waals surface area contributed by atoms with Crippen molar-refractivity contribution in [1.82, 2.24) is 10.3 Å². The molecule has 112 valence electrons. The van der Waals surface area contributed by atoms with Crippen LogP contribution >= 0.6 is 15.9 Å². The second kappa shape index (κ2) is 7.57. The number of halogens is 1. The van der Waals surface area contributed by atoms with Gasteiger partial charge in [-0.3, -0.25) is 0 Å². The largest absolute Gasteiger partial charge is 0.326 e. The zero-order valence-corrected chi connectivity index (χ0v) is 14.4. The van der Waals surface area contributed by atoms with Crippen molar-refractivity contribution in [3.05, 3.63) is 52.6 Å². The van der Waals surface area contributed by atoms with Crippen molar-refractivity contribution in [2.24, 2.45) is 0 Å². The van der Waals surface area contributed by atoms with Crippen LogP contribution in [0.2, 0.25) is 0 Å². The maximum absolute atomic E-state index is 4.64. The second-order valence-corrected chi connectivity index (χ2v) is 6.17. The van der Waals surface area contributed by atoms with Gasteiger partial charge in [0.15, 0.2) is 0 Å². The van der Waals surface area contributed by atoms with Gasteiger partial charge in [-0.1, -0.05) is 32.0 Å². The predicted octanol–water partition coefficient (Wildman–Crippen LogP) is 4.50. The first-order valence-electron chi connectivity index (χ1n) is 7.32. The number of benzene rings is 1. The van der Waals surface area contributed by atoms with E-state index in [2.05, 4.69) is 82.2 Å². The lowest BCUT2D eigenvalue weighted by molar-refractivity contribution is 0.587. The minimum Gasteiger partial charge on any atom is -0.326 e. The SMILES string of the molecule is CCN(c1ccccc1)c1ncc(Br)cc1CNC(C)C. The van der Waals surface area contributed by atoms with E-state index in [9.17, 15) is 0 Å². The Balaban J connectivity index is 2.36. The van der Waals surface area contributed by atoms with Gasteiger partial charge in [0.2, 0.25) is 0 Å². The molecule has 0 unspecified atom stereocenters. The molecule has 4 heteroatoms. The summed E-state index contributed by atoms with van der Waals surface area (Å²) in [5.74, 6) is 1.01. The van der Waals surface area contributed by atoms with Gasteiger partial charge in [-0.05, 0) is 41.1 Å². The van der Waals surface area contributed by atoms with E-state index >= 15 is 0 Å². The van der Waals surface area contributed by atoms with Crippen LogP contribution in [0, 0.1) is 0 Å². The Morgan fingerprint density at radius 1 is 1.24 bits per heavy atom. The summed E-state index contributed by atoms with van der Waals surface area (Å²) in [6.07, 6.45) is 1.86. The maximum Gasteiger partial charge on any atom is 0.137 e. The Labute approximate surface area is 135 Å². The Bertz CT molecular complexity index is 570. The molecule has 0 saturated carbocycles. The number of rotatable bonds is 6. The lowest BCUT2D eigenvalue weighted by Gasteiger charge is -2.25. The van der Waals surface area contributed by atoms with Gasteiger partial charge in [0.25, 0.3) is 0 Å². The topological polar surface area (TPSA) is 28.2 Å². The molecule has 0 amide bonds. The molecule has 0 aliphatic rings. The smallest absolute Gasteiger partial charge is 0.137 e. The fourth-order valence-electron chi connectivity index (χ4n) is 2.22. The number of pyridine rings is 1. The molecule has 0 atom stereocenters. The molecule has 0 spiro atoms. The predicted molar refractivity (Wildman–Crippen MR) is 93.0 cm³/mol. The Kier molecular flexibility index (Phi) is 5.76. The summed E-state index contributed by atoms with van der Waals surface area (Å²) >= 11 is 3.52. The third kappa shape index (κ3) is 4.29. The highest BCUT2D eigenvalue weighted by Gasteiger charge is 2.14. The summed E-state index contributed by atoms with van der Waals surface area (Å²) in [6, 6.07) is 13.0. The van der Waals surface area contributed by atoms with Gasteiger partial charge in [0.1, 0.15) is 5.82 Å². The summed E-state index contributed by atoms with van der Waals surface area (Å²) in [5, 5.41) is 3.47. The molecule has 1 N–H and O–H groups in total. The Morgan fingerprint density at radius 3 is 2.57 bits per heavy atom. The van der Waals surface area contributed by atoms with Crippen LogP contribution in [-0.4, -0.2) is 17.6 Å². The minimum atomic E-state index is 0.448. The van der Waals surface area contributed by atoms with Gasteiger partial charge in [0.05, 0.1) is 0 Å². The van der Waals surface area contributed by atoms with Gasteiger partial charge in [-0.2, -0.15) is 0 Å². The van der Waals surface area contributed by atoms with Gasteiger partial charge in [-0.25, -0.2) is 4.98 Å². The zero-order chi connectivity index (χ0) is 15.2. The van der Waals surface area contributed by atoms with Crippen molar-refractivity contribution in [2.75, 3.05) is 11.4 Å². The fourth-order valence-corrected chi connectivity index (χ4v) is 2.60. The van der Waals surface area contributed by atoms with Crippen LogP contribution in [0.3, 0.4) is 0 Å². The highest BCUT2D eigenvalue weighted by Crippen LogP contribution is 2.28. The highest BCUT2D eigenvalue weighted by atomic mass is 79.9. The summed E-state index contributed by atoms with van der Waals surface area (Å²) in [5.41, 5.74) is 2.37. The number of para-hydroxylation sites is 1. The third-order valence-corrected chi connectivity index (χ3v) is 3.68. The van der Waals surface area contributed by atoms with Gasteiger partial charge >= 0.3 is 0 Å². The Morgan fingerprint density at radius 2 is 1.95 bits per heavy atom. The normalized spacial score (nSPS) is 10.9. The van der Waals surface area contributed by atoms with Crippen molar-refractivity contribution >= 4 is 27.4 Å². The van der Waals surface area contributed by atoms with E-state index in [1.54, 1.807) is 0 Å². The summed E-state index contributed by atoms with van der Waals surface area (Å²) in [7, 11) is 0. The van der Waals surface area contributed by atoms with E-state index in [-0.39, 0.29) is 0 Å². The monoisotopic (exact) mass is 347 g/mol. The van der Waals surface area contributed by atoms with E-state index in [1.807, 2.05) is 12.3 Å². The van der Waals surface area contributed by atoms with E-state index < -0.39 is 0 Å². The standard InChI is InChI=1S/C17H22BrN3/c1-4-21(16-8-6-5-7-9-16)17-14(11-19-13(2)3)10-15(18)12-20-17/h5-10,12-13,19H,4,11H2,1-3H3. The van der Waals surface area contributed by atoms with E-state index in [0.717, 1.165) is 23.4 Å². The lowest BCUT2D eigenvalue weighted by Crippen LogP contribution is -2.25. The molecule has 0 aliphatic heterocycles. The van der Waals surface area contributed by atoms with Crippen molar-refractivity contribution in [1.29, 1.82) is 0 Å². The number of hydrogen-bond acceptors (Lipinski definition) is 3. The van der Waals surface area contributed by atoms with Crippen molar-refractivity contribution in [3.63, 3.8) is 0 Å². The summed E-state index contributed by atoms with van der Waals surface area (Å²) < 4.78 is 1.01. The zero-order valence-electron chi connectivity index (χ0n) is 12.8. The highest BCUT2D eigenvalue weighted by molar-refractivity contribution is 9.10. The minimum absolute atomic E-state index is 0.448. The van der Waals surface area contributed by atoms with Gasteiger partial charge in [-0.15, -0.1) is 0 Å². The molecule has 0 bridgehead atoms. The number of anilines is 2. The average Bonchev–Trinajstić information content (AvgIpc) is 2.48. The summed E-state index contributed by atoms with van der Waals surface area (Å²) in [4.78, 5) is 6.88. The number of nitrogens with zero attached hydrogens (tertiary/aromatic N) is 2. The summed E-state index contributed by atoms with van der Waals surface area (Å²) in [6.45, 7) is 8.15. The fraction of sp³-hybridized carbons (Fsp3) is 0.353. The second-order valence-electron chi connectivity index (χ2n) is 5.25. The number of nitrogens with one attached hydrogen (secondary N) is 1. The van der Waals surface area contributed by atoms with Crippen LogP contribution in [0.15, 0.2) is 47.1 Å². The molecule has 21 heavy (non-hydrogen) atoms. The van der Waals surface area contributed by atoms with Crippen LogP contribution in [-0.2, 0) is 6.54 Å². The molecular formula is C17H22BrN3. The van der Waals surface area contributed by atoms with Crippen LogP contribution < -0.4 is 10.2 Å². The first kappa shape index (κ1) is 16.0. The van der Waals surface area contributed by atoms with E-state index in [0.29, 0.717) is 6.04 Å².